The van der Waals surface area contributed by atoms with Crippen molar-refractivity contribution >= 4 is 39.9 Å². The van der Waals surface area contributed by atoms with E-state index in [9.17, 15) is 4.79 Å². The van der Waals surface area contributed by atoms with E-state index in [2.05, 4.69) is 30.3 Å². The van der Waals surface area contributed by atoms with Gasteiger partial charge >= 0.3 is 0 Å². The lowest BCUT2D eigenvalue weighted by molar-refractivity contribution is -0.122. The molecule has 0 aliphatic rings. The topological polar surface area (TPSA) is 255 Å². The minimum absolute atomic E-state index is 0.0720. The Morgan fingerprint density at radius 3 is 2.18 bits per heavy atom. The van der Waals surface area contributed by atoms with Gasteiger partial charge in [0.1, 0.15) is 23.4 Å². The number of nitrogens with two attached hydrogens (primary N) is 2. The molecule has 19 heteroatoms. The van der Waals surface area contributed by atoms with E-state index in [1.54, 1.807) is 10.7 Å². The van der Waals surface area contributed by atoms with E-state index in [1.165, 1.54) is 6.33 Å². The number of azide groups is 1. The first-order chi connectivity index (χ1) is 24.6. The van der Waals surface area contributed by atoms with Crippen LogP contribution < -0.4 is 16.8 Å². The average Bonchev–Trinajstić information content (AvgIpc) is 3.68. The number of carbonyl (C=O) groups excluding carboxylic acids is 1. The predicted octanol–water partition coefficient (Wildman–Crippen LogP) is 2.50. The van der Waals surface area contributed by atoms with Gasteiger partial charge in [0.15, 0.2) is 11.2 Å². The fourth-order valence-corrected chi connectivity index (χ4v) is 4.70. The maximum absolute atomic E-state index is 12.2. The molecular weight excluding hydrogens is 654 g/mol. The zero-order chi connectivity index (χ0) is 35.2. The summed E-state index contributed by atoms with van der Waals surface area (Å²) in [6.45, 7) is 6.57. The molecule has 0 unspecified atom stereocenters. The third-order valence-corrected chi connectivity index (χ3v) is 7.09. The maximum atomic E-state index is 12.2. The van der Waals surface area contributed by atoms with E-state index >= 15 is 0 Å². The Labute approximate surface area is 288 Å². The first-order valence-corrected chi connectivity index (χ1v) is 16.4. The standard InChI is InChI=1S/C31H45N11O8/c32-29-27-28(23-3-4-25-24(21-23)39-31(33)50-25)40-42(30(27)37-22-36-29)8-2-1-6-35-26(43)5-9-44-11-13-46-15-17-48-19-20-49-18-16-47-14-12-45-10-7-38-41-34/h3-4,21-22H,1-2,5-20H2,(H2,33,39)(H,35,43)(H2,32,36,37). The maximum Gasteiger partial charge on any atom is 0.292 e. The smallest absolute Gasteiger partial charge is 0.292 e. The molecule has 1 amide bonds. The molecule has 3 heterocycles. The molecule has 0 saturated heterocycles. The van der Waals surface area contributed by atoms with Gasteiger partial charge < -0.3 is 49.6 Å². The lowest BCUT2D eigenvalue weighted by Crippen LogP contribution is -2.26. The molecule has 0 bridgehead atoms. The fourth-order valence-electron chi connectivity index (χ4n) is 4.70. The van der Waals surface area contributed by atoms with Crippen molar-refractivity contribution in [3.05, 3.63) is 35.0 Å². The van der Waals surface area contributed by atoms with Gasteiger partial charge in [-0.2, -0.15) is 10.1 Å². The van der Waals surface area contributed by atoms with Gasteiger partial charge in [0.2, 0.25) is 5.91 Å². The average molecular weight is 700 g/mol. The van der Waals surface area contributed by atoms with Crippen LogP contribution in [0.3, 0.4) is 0 Å². The van der Waals surface area contributed by atoms with Crippen LogP contribution in [0.25, 0.3) is 43.8 Å². The van der Waals surface area contributed by atoms with Gasteiger partial charge in [0.25, 0.3) is 6.01 Å². The van der Waals surface area contributed by atoms with E-state index in [1.807, 2.05) is 12.1 Å². The summed E-state index contributed by atoms with van der Waals surface area (Å²) in [4.78, 5) is 27.6. The number of nitrogens with one attached hydrogen (secondary N) is 1. The van der Waals surface area contributed by atoms with E-state index in [0.717, 1.165) is 18.4 Å². The first-order valence-electron chi connectivity index (χ1n) is 16.4. The molecule has 0 spiro atoms. The molecule has 3 aromatic heterocycles. The lowest BCUT2D eigenvalue weighted by atomic mass is 10.1. The lowest BCUT2D eigenvalue weighted by Gasteiger charge is -2.08. The molecule has 50 heavy (non-hydrogen) atoms. The highest BCUT2D eigenvalue weighted by molar-refractivity contribution is 5.99. The van der Waals surface area contributed by atoms with Gasteiger partial charge in [-0.3, -0.25) is 4.79 Å². The summed E-state index contributed by atoms with van der Waals surface area (Å²) in [5.74, 6) is 0.264. The second-order valence-corrected chi connectivity index (χ2v) is 10.7. The number of oxazole rings is 1. The number of hydrogen-bond acceptors (Lipinski definition) is 15. The highest BCUT2D eigenvalue weighted by atomic mass is 16.6. The van der Waals surface area contributed by atoms with Crippen LogP contribution in [0.4, 0.5) is 11.8 Å². The zero-order valence-electron chi connectivity index (χ0n) is 28.0. The van der Waals surface area contributed by atoms with Gasteiger partial charge in [-0.05, 0) is 36.6 Å². The number of unbranched alkanes of at least 4 members (excludes halogenated alkanes) is 1. The number of carbonyl (C=O) groups is 1. The first kappa shape index (κ1) is 38.2. The molecule has 5 N–H and O–H groups in total. The van der Waals surface area contributed by atoms with Crippen LogP contribution in [0.15, 0.2) is 34.1 Å². The van der Waals surface area contributed by atoms with Crippen molar-refractivity contribution in [3.8, 4) is 11.3 Å². The Balaban J connectivity index is 0.969. The van der Waals surface area contributed by atoms with Crippen molar-refractivity contribution in [2.75, 3.05) is 104 Å². The molecule has 1 aromatic carbocycles. The van der Waals surface area contributed by atoms with Crippen molar-refractivity contribution in [1.82, 2.24) is 30.0 Å². The number of ether oxygens (including phenoxy) is 6. The summed E-state index contributed by atoms with van der Waals surface area (Å²) in [7, 11) is 0. The minimum atomic E-state index is -0.0720. The van der Waals surface area contributed by atoms with Crippen LogP contribution in [0.2, 0.25) is 0 Å². The Hall–Kier alpha value is -4.62. The van der Waals surface area contributed by atoms with E-state index in [0.29, 0.717) is 133 Å². The SMILES string of the molecule is [N-]=[N+]=NCCOCCOCCOCCOCCOCCOCCC(=O)NCCCCn1nc(-c2ccc3oc(N)nc3c2)c2c(N)ncnc21. The van der Waals surface area contributed by atoms with Crippen LogP contribution in [-0.2, 0) is 39.8 Å². The van der Waals surface area contributed by atoms with Crippen LogP contribution >= 0.6 is 0 Å². The molecule has 272 valence electrons. The Morgan fingerprint density at radius 1 is 0.880 bits per heavy atom. The van der Waals surface area contributed by atoms with Crippen LogP contribution in [0, 0.1) is 0 Å². The number of aromatic nitrogens is 5. The zero-order valence-corrected chi connectivity index (χ0v) is 28.0. The predicted molar refractivity (Wildman–Crippen MR) is 183 cm³/mol. The molecule has 0 atom stereocenters. The number of aryl methyl sites for hydroxylation is 1. The summed E-state index contributed by atoms with van der Waals surface area (Å²) in [5, 5.41) is 11.7. The number of rotatable bonds is 27. The number of nitrogen functional groups attached to an aromatic ring is 2. The van der Waals surface area contributed by atoms with Crippen molar-refractivity contribution in [2.24, 2.45) is 5.11 Å². The molecular formula is C31H45N11O8. The molecule has 0 fully saturated rings. The minimum Gasteiger partial charge on any atom is -0.424 e. The number of fused-ring (bicyclic) bond motifs is 2. The van der Waals surface area contributed by atoms with Gasteiger partial charge in [0, 0.05) is 36.5 Å². The van der Waals surface area contributed by atoms with E-state index in [4.69, 9.17) is 54.9 Å². The van der Waals surface area contributed by atoms with Crippen molar-refractivity contribution in [2.45, 2.75) is 25.8 Å². The van der Waals surface area contributed by atoms with E-state index in [-0.39, 0.29) is 18.3 Å². The van der Waals surface area contributed by atoms with Crippen molar-refractivity contribution in [3.63, 3.8) is 0 Å². The molecule has 4 aromatic rings. The van der Waals surface area contributed by atoms with Gasteiger partial charge in [-0.25, -0.2) is 14.6 Å². The monoisotopic (exact) mass is 699 g/mol. The largest absolute Gasteiger partial charge is 0.424 e. The molecule has 0 aliphatic carbocycles. The number of amides is 1. The number of anilines is 2. The summed E-state index contributed by atoms with van der Waals surface area (Å²) < 4.78 is 39.6. The van der Waals surface area contributed by atoms with Gasteiger partial charge in [-0.15, -0.1) is 0 Å². The van der Waals surface area contributed by atoms with Crippen molar-refractivity contribution in [1.29, 1.82) is 0 Å². The molecule has 0 saturated carbocycles. The van der Waals surface area contributed by atoms with Gasteiger partial charge in [-0.1, -0.05) is 5.11 Å². The van der Waals surface area contributed by atoms with Crippen molar-refractivity contribution < 1.29 is 37.6 Å². The second-order valence-electron chi connectivity index (χ2n) is 10.7. The second kappa shape index (κ2) is 22.2. The van der Waals surface area contributed by atoms with Crippen LogP contribution in [0.1, 0.15) is 19.3 Å². The quantitative estimate of drug-likeness (QED) is 0.0350. The summed E-state index contributed by atoms with van der Waals surface area (Å²) in [6.07, 6.45) is 3.21. The Morgan fingerprint density at radius 2 is 1.52 bits per heavy atom. The molecule has 0 radical (unpaired) electrons. The summed E-state index contributed by atoms with van der Waals surface area (Å²) >= 11 is 0. The highest BCUT2D eigenvalue weighted by Gasteiger charge is 2.18. The Kier molecular flexibility index (Phi) is 16.9. The molecule has 19 nitrogen and oxygen atoms in total. The summed E-state index contributed by atoms with van der Waals surface area (Å²) in [6, 6.07) is 5.60. The molecule has 0 aliphatic heterocycles. The van der Waals surface area contributed by atoms with E-state index < -0.39 is 0 Å². The van der Waals surface area contributed by atoms with Crippen LogP contribution in [-0.4, -0.2) is 123 Å². The normalized spacial score (nSPS) is 11.4. The summed E-state index contributed by atoms with van der Waals surface area (Å²) in [5.41, 5.74) is 23.3. The number of hydrogen-bond donors (Lipinski definition) is 3. The fraction of sp³-hybridized carbons (Fsp3) is 0.581. The highest BCUT2D eigenvalue weighted by Crippen LogP contribution is 2.32. The number of nitrogens with zero attached hydrogens (tertiary/aromatic N) is 8. The van der Waals surface area contributed by atoms with Gasteiger partial charge in [0.05, 0.1) is 84.7 Å². The third-order valence-electron chi connectivity index (χ3n) is 7.09. The third kappa shape index (κ3) is 13.0. The van der Waals surface area contributed by atoms with Crippen LogP contribution in [0.5, 0.6) is 0 Å². The molecule has 4 rings (SSSR count). The Bertz CT molecular complexity index is 1640. The number of benzene rings is 1.